The average molecular weight is 434 g/mol. The maximum Gasteiger partial charge on any atom is 0.230 e. The highest BCUT2D eigenvalue weighted by molar-refractivity contribution is 7.89. The largest absolute Gasteiger partial charge is 0.468 e. The van der Waals surface area contributed by atoms with Crippen molar-refractivity contribution in [3.8, 4) is 0 Å². The minimum atomic E-state index is -3.26. The van der Waals surface area contributed by atoms with Gasteiger partial charge in [-0.2, -0.15) is 0 Å². The molecule has 7 nitrogen and oxygen atoms in total. The van der Waals surface area contributed by atoms with Crippen LogP contribution in [-0.2, 0) is 20.2 Å². The molecule has 1 unspecified atom stereocenters. The van der Waals surface area contributed by atoms with Crippen LogP contribution in [0.2, 0.25) is 0 Å². The van der Waals surface area contributed by atoms with Crippen molar-refractivity contribution in [2.75, 3.05) is 39.5 Å². The van der Waals surface area contributed by atoms with Gasteiger partial charge in [-0.1, -0.05) is 30.3 Å². The molecule has 1 aliphatic heterocycles. The third-order valence-electron chi connectivity index (χ3n) is 6.05. The Morgan fingerprint density at radius 3 is 2.37 bits per heavy atom. The van der Waals surface area contributed by atoms with Gasteiger partial charge < -0.3 is 9.73 Å². The molecule has 0 bridgehead atoms. The lowest BCUT2D eigenvalue weighted by Gasteiger charge is -2.40. The number of amides is 1. The monoisotopic (exact) mass is 433 g/mol. The molecular weight excluding hydrogens is 402 g/mol. The van der Waals surface area contributed by atoms with Crippen LogP contribution in [0.1, 0.15) is 37.1 Å². The van der Waals surface area contributed by atoms with E-state index in [1.807, 2.05) is 61.5 Å². The summed E-state index contributed by atoms with van der Waals surface area (Å²) in [6, 6.07) is 13.3. The molecule has 2 heterocycles. The first-order chi connectivity index (χ1) is 14.3. The first-order valence-electron chi connectivity index (χ1n) is 10.3. The Balaban J connectivity index is 1.81. The van der Waals surface area contributed by atoms with E-state index in [0.717, 1.165) is 11.3 Å². The van der Waals surface area contributed by atoms with Crippen LogP contribution in [0, 0.1) is 0 Å². The number of furan rings is 1. The Hall–Kier alpha value is -2.16. The fourth-order valence-electron chi connectivity index (χ4n) is 4.11. The lowest BCUT2D eigenvalue weighted by atomic mass is 9.72. The average Bonchev–Trinajstić information content (AvgIpc) is 3.28. The number of benzene rings is 1. The van der Waals surface area contributed by atoms with Crippen LogP contribution in [0.15, 0.2) is 53.1 Å². The minimum absolute atomic E-state index is 0.0688. The number of likely N-dealkylation sites (N-methyl/N-ethyl adjacent to an activating group) is 1. The van der Waals surface area contributed by atoms with Crippen LogP contribution in [0.25, 0.3) is 0 Å². The maximum atomic E-state index is 13.5. The van der Waals surface area contributed by atoms with E-state index in [0.29, 0.717) is 32.5 Å². The molecule has 1 saturated heterocycles. The van der Waals surface area contributed by atoms with Gasteiger partial charge in [0.15, 0.2) is 0 Å². The second kappa shape index (κ2) is 9.32. The van der Waals surface area contributed by atoms with Crippen molar-refractivity contribution in [3.63, 3.8) is 0 Å². The highest BCUT2D eigenvalue weighted by Gasteiger charge is 2.44. The number of rotatable bonds is 8. The predicted octanol–water partition coefficient (Wildman–Crippen LogP) is 2.38. The lowest BCUT2D eigenvalue weighted by molar-refractivity contribution is -0.128. The molecule has 164 valence electrons. The summed E-state index contributed by atoms with van der Waals surface area (Å²) in [7, 11) is 0.626. The van der Waals surface area contributed by atoms with Crippen LogP contribution in [0.5, 0.6) is 0 Å². The smallest absolute Gasteiger partial charge is 0.230 e. The minimum Gasteiger partial charge on any atom is -0.468 e. The Kier molecular flexibility index (Phi) is 7.00. The number of nitrogens with one attached hydrogen (secondary N) is 1. The van der Waals surface area contributed by atoms with Crippen molar-refractivity contribution >= 4 is 15.9 Å². The molecule has 0 radical (unpaired) electrons. The number of carbonyl (C=O) groups is 1. The van der Waals surface area contributed by atoms with E-state index in [1.165, 1.54) is 4.31 Å². The summed E-state index contributed by atoms with van der Waals surface area (Å²) in [5, 5.41) is 3.12. The number of nitrogens with zero attached hydrogens (tertiary/aromatic N) is 2. The molecule has 8 heteroatoms. The summed E-state index contributed by atoms with van der Waals surface area (Å²) in [6.45, 7) is 2.74. The molecule has 3 rings (SSSR count). The zero-order valence-corrected chi connectivity index (χ0v) is 18.7. The Labute approximate surface area is 179 Å². The molecule has 1 N–H and O–H groups in total. The van der Waals surface area contributed by atoms with Gasteiger partial charge in [0.2, 0.25) is 15.9 Å². The van der Waals surface area contributed by atoms with Gasteiger partial charge >= 0.3 is 0 Å². The first-order valence-corrected chi connectivity index (χ1v) is 11.9. The van der Waals surface area contributed by atoms with Gasteiger partial charge in [0.25, 0.3) is 0 Å². The molecule has 1 aliphatic rings. The van der Waals surface area contributed by atoms with Gasteiger partial charge in [0, 0.05) is 19.6 Å². The second-order valence-electron chi connectivity index (χ2n) is 7.95. The highest BCUT2D eigenvalue weighted by atomic mass is 32.2. The molecule has 0 spiro atoms. The van der Waals surface area contributed by atoms with E-state index in [1.54, 1.807) is 13.2 Å². The molecule has 0 aliphatic carbocycles. The standard InChI is InChI=1S/C22H31N3O4S/c1-4-30(27,28)25-14-12-22(13-15-25,18-9-6-5-7-10-18)21(26)23-17-19(24(2)3)20-11-8-16-29-20/h5-11,16,19H,4,12-15,17H2,1-3H3,(H,23,26). The zero-order valence-electron chi connectivity index (χ0n) is 17.9. The molecular formula is C22H31N3O4S. The van der Waals surface area contributed by atoms with Crippen molar-refractivity contribution < 1.29 is 17.6 Å². The van der Waals surface area contributed by atoms with Gasteiger partial charge in [-0.3, -0.25) is 9.69 Å². The van der Waals surface area contributed by atoms with Gasteiger partial charge in [-0.25, -0.2) is 12.7 Å². The normalized spacial score (nSPS) is 18.3. The molecule has 1 amide bonds. The Morgan fingerprint density at radius 2 is 1.83 bits per heavy atom. The Morgan fingerprint density at radius 1 is 1.17 bits per heavy atom. The third-order valence-corrected chi connectivity index (χ3v) is 7.93. The Bertz CT molecular complexity index is 919. The number of hydrogen-bond acceptors (Lipinski definition) is 5. The number of carbonyl (C=O) groups excluding carboxylic acids is 1. The lowest BCUT2D eigenvalue weighted by Crippen LogP contribution is -2.53. The summed E-state index contributed by atoms with van der Waals surface area (Å²) in [6.07, 6.45) is 2.54. The predicted molar refractivity (Wildman–Crippen MR) is 117 cm³/mol. The SMILES string of the molecule is CCS(=O)(=O)N1CCC(C(=O)NCC(c2ccco2)N(C)C)(c2ccccc2)CC1. The molecule has 0 saturated carbocycles. The van der Waals surface area contributed by atoms with Gasteiger partial charge in [0.05, 0.1) is 23.5 Å². The molecule has 1 atom stereocenters. The van der Waals surface area contributed by atoms with Crippen molar-refractivity contribution in [3.05, 3.63) is 60.1 Å². The molecule has 2 aromatic rings. The molecule has 1 fully saturated rings. The van der Waals surface area contributed by atoms with E-state index in [9.17, 15) is 13.2 Å². The van der Waals surface area contributed by atoms with E-state index >= 15 is 0 Å². The summed E-state index contributed by atoms with van der Waals surface area (Å²) in [5.41, 5.74) is 0.177. The van der Waals surface area contributed by atoms with Crippen molar-refractivity contribution in [2.45, 2.75) is 31.2 Å². The zero-order chi connectivity index (χ0) is 21.8. The summed E-state index contributed by atoms with van der Waals surface area (Å²) in [5.74, 6) is 0.795. The van der Waals surface area contributed by atoms with Crippen molar-refractivity contribution in [1.29, 1.82) is 0 Å². The van der Waals surface area contributed by atoms with Gasteiger partial charge in [0.1, 0.15) is 5.76 Å². The van der Waals surface area contributed by atoms with Crippen molar-refractivity contribution in [1.82, 2.24) is 14.5 Å². The van der Waals surface area contributed by atoms with Crippen LogP contribution in [-0.4, -0.2) is 63.0 Å². The van der Waals surface area contributed by atoms with Crippen molar-refractivity contribution in [2.24, 2.45) is 0 Å². The van der Waals surface area contributed by atoms with Crippen LogP contribution < -0.4 is 5.32 Å². The summed E-state index contributed by atoms with van der Waals surface area (Å²) >= 11 is 0. The highest BCUT2D eigenvalue weighted by Crippen LogP contribution is 2.37. The first kappa shape index (κ1) is 22.5. The van der Waals surface area contributed by atoms with E-state index in [4.69, 9.17) is 4.42 Å². The number of sulfonamides is 1. The van der Waals surface area contributed by atoms with E-state index in [2.05, 4.69) is 5.32 Å². The van der Waals surface area contributed by atoms with Gasteiger partial charge in [-0.15, -0.1) is 0 Å². The quantitative estimate of drug-likeness (QED) is 0.691. The van der Waals surface area contributed by atoms with E-state index < -0.39 is 15.4 Å². The van der Waals surface area contributed by atoms with Gasteiger partial charge in [-0.05, 0) is 51.6 Å². The summed E-state index contributed by atoms with van der Waals surface area (Å²) < 4.78 is 31.7. The maximum absolute atomic E-state index is 13.5. The van der Waals surface area contributed by atoms with Crippen LogP contribution >= 0.6 is 0 Å². The third kappa shape index (κ3) is 4.61. The van der Waals surface area contributed by atoms with E-state index in [-0.39, 0.29) is 17.7 Å². The number of hydrogen-bond donors (Lipinski definition) is 1. The van der Waals surface area contributed by atoms with Crippen LogP contribution in [0.4, 0.5) is 0 Å². The molecule has 30 heavy (non-hydrogen) atoms. The van der Waals surface area contributed by atoms with Crippen LogP contribution in [0.3, 0.4) is 0 Å². The molecule has 1 aromatic carbocycles. The topological polar surface area (TPSA) is 82.9 Å². The second-order valence-corrected chi connectivity index (χ2v) is 10.2. The summed E-state index contributed by atoms with van der Waals surface area (Å²) in [4.78, 5) is 15.5. The molecule has 1 aromatic heterocycles. The fourth-order valence-corrected chi connectivity index (χ4v) is 5.21. The fraction of sp³-hybridized carbons (Fsp3) is 0.500. The number of piperidine rings is 1.